The molecule has 5 heteroatoms. The zero-order chi connectivity index (χ0) is 52.2. The van der Waals surface area contributed by atoms with E-state index in [0.29, 0.717) is 35.5 Å². The fourth-order valence-corrected chi connectivity index (χ4v) is 20.9. The van der Waals surface area contributed by atoms with Crippen LogP contribution in [0.5, 0.6) is 0 Å². The molecule has 3 nitrogen and oxygen atoms in total. The number of furan rings is 1. The Balaban J connectivity index is 0.939. The smallest absolute Gasteiger partial charge is 0.264 e. The van der Waals surface area contributed by atoms with Crippen LogP contribution >= 0.6 is 11.3 Å². The third-order valence-electron chi connectivity index (χ3n) is 23.2. The van der Waals surface area contributed by atoms with Crippen LogP contribution in [0.4, 0.5) is 34.1 Å². The van der Waals surface area contributed by atoms with Crippen LogP contribution in [-0.2, 0) is 5.41 Å². The van der Waals surface area contributed by atoms with E-state index in [1.54, 1.807) is 22.3 Å². The van der Waals surface area contributed by atoms with Gasteiger partial charge in [-0.15, -0.1) is 11.3 Å². The van der Waals surface area contributed by atoms with Gasteiger partial charge in [-0.05, 0) is 223 Å². The van der Waals surface area contributed by atoms with E-state index < -0.39 is 0 Å². The topological polar surface area (TPSA) is 19.6 Å². The quantitative estimate of drug-likeness (QED) is 0.155. The van der Waals surface area contributed by atoms with Gasteiger partial charge < -0.3 is 14.2 Å². The summed E-state index contributed by atoms with van der Waals surface area (Å²) in [6.45, 7) is 0.0975. The van der Waals surface area contributed by atoms with E-state index in [9.17, 15) is 0 Å². The number of nitrogens with zero attached hydrogens (tertiary/aromatic N) is 2. The number of hydrogen-bond acceptors (Lipinski definition) is 4. The van der Waals surface area contributed by atoms with Crippen LogP contribution in [0.1, 0.15) is 211 Å². The molecule has 0 radical (unpaired) electrons. The lowest BCUT2D eigenvalue weighted by atomic mass is 9.36. The minimum Gasteiger partial charge on any atom is -0.454 e. The number of para-hydroxylation sites is 1. The number of benzene rings is 7. The van der Waals surface area contributed by atoms with Gasteiger partial charge in [0.25, 0.3) is 6.71 Å². The van der Waals surface area contributed by atoms with Crippen molar-refractivity contribution in [2.75, 3.05) is 9.80 Å². The Morgan fingerprint density at radius 3 is 1.77 bits per heavy atom. The average molecular weight is 1060 g/mol. The van der Waals surface area contributed by atoms with Gasteiger partial charge in [0, 0.05) is 53.8 Å². The summed E-state index contributed by atoms with van der Waals surface area (Å²) >= 11 is 2.10. The molecular weight excluding hydrogens is 988 g/mol. The molecule has 0 saturated heterocycles. The van der Waals surface area contributed by atoms with Crippen molar-refractivity contribution in [3.05, 3.63) is 161 Å². The standard InChI is InChI=1S/C75H75BN2OS/c1-5-17-46(18-6-1)50-30-40-69-60(41-50)72-74(80-69)76-63-42-51(47-19-7-2-8-20-47)29-38-64(63)77(55-35-36-58-57-25-13-15-27-61(57)75(62(58)45-55)53-31-32-54(75)34-33-53)66-43-52(48-21-9-3-10-22-48)44-67(71(66)76)78(72)65-39-37-56(49-23-11-4-12-24-49)70-59-26-14-16-28-68(59)79-73(65)70/h13-16,25-30,35-49,53-54H,1-12,17-24,31-34H2. The molecule has 80 heavy (non-hydrogen) atoms. The highest BCUT2D eigenvalue weighted by Gasteiger charge is 2.60. The number of thiophene rings is 1. The monoisotopic (exact) mass is 1060 g/mol. The molecule has 9 aliphatic rings. The molecule has 2 aromatic heterocycles. The van der Waals surface area contributed by atoms with Crippen molar-refractivity contribution in [1.82, 2.24) is 0 Å². The van der Waals surface area contributed by atoms with Crippen molar-refractivity contribution >= 4 is 99.9 Å². The Kier molecular flexibility index (Phi) is 11.0. The van der Waals surface area contributed by atoms with E-state index >= 15 is 0 Å². The minimum absolute atomic E-state index is 0.0975. The summed E-state index contributed by atoms with van der Waals surface area (Å²) < 4.78 is 10.4. The van der Waals surface area contributed by atoms with E-state index in [1.807, 2.05) is 0 Å². The van der Waals surface area contributed by atoms with Gasteiger partial charge >= 0.3 is 0 Å². The van der Waals surface area contributed by atoms with E-state index in [1.165, 1.54) is 247 Å². The predicted molar refractivity (Wildman–Crippen MR) is 338 cm³/mol. The van der Waals surface area contributed by atoms with Crippen molar-refractivity contribution in [2.24, 2.45) is 11.8 Å². The van der Waals surface area contributed by atoms with Crippen molar-refractivity contribution in [1.29, 1.82) is 0 Å². The second-order valence-electron chi connectivity index (χ2n) is 27.0. The van der Waals surface area contributed by atoms with Crippen LogP contribution in [-0.4, -0.2) is 6.71 Å². The van der Waals surface area contributed by atoms with Gasteiger partial charge in [-0.25, -0.2) is 0 Å². The summed E-state index contributed by atoms with van der Waals surface area (Å²) in [7, 11) is 0. The first-order chi connectivity index (χ1) is 39.7. The van der Waals surface area contributed by atoms with Crippen molar-refractivity contribution in [3.8, 4) is 11.1 Å². The Bertz CT molecular complexity index is 3950. The van der Waals surface area contributed by atoms with Crippen molar-refractivity contribution < 1.29 is 4.42 Å². The Morgan fingerprint density at radius 2 is 1.05 bits per heavy atom. The molecule has 6 fully saturated rings. The maximum atomic E-state index is 7.47. The number of hydrogen-bond donors (Lipinski definition) is 0. The lowest BCUT2D eigenvalue weighted by Crippen LogP contribution is -2.60. The summed E-state index contributed by atoms with van der Waals surface area (Å²) in [5.41, 5.74) is 25.7. The Hall–Kier alpha value is -6.04. The van der Waals surface area contributed by atoms with Gasteiger partial charge in [-0.2, -0.15) is 0 Å². The largest absolute Gasteiger partial charge is 0.454 e. The lowest BCUT2D eigenvalue weighted by molar-refractivity contribution is 0.400. The van der Waals surface area contributed by atoms with Crippen LogP contribution in [0.3, 0.4) is 0 Å². The molecular formula is C75H75BN2OS. The molecule has 2 bridgehead atoms. The zero-order valence-electron chi connectivity index (χ0n) is 46.8. The Morgan fingerprint density at radius 1 is 0.450 bits per heavy atom. The van der Waals surface area contributed by atoms with E-state index in [0.717, 1.165) is 11.2 Å². The third kappa shape index (κ3) is 6.85. The van der Waals surface area contributed by atoms with Crippen LogP contribution < -0.4 is 25.5 Å². The first kappa shape index (κ1) is 47.6. The minimum atomic E-state index is 0.0975. The summed E-state index contributed by atoms with van der Waals surface area (Å²) in [5.74, 6) is 3.72. The molecule has 9 aromatic rings. The highest BCUT2D eigenvalue weighted by molar-refractivity contribution is 7.33. The first-order valence-electron chi connectivity index (χ1n) is 32.3. The molecule has 18 rings (SSSR count). The molecule has 0 amide bonds. The maximum Gasteiger partial charge on any atom is 0.264 e. The van der Waals surface area contributed by atoms with Gasteiger partial charge in [0.1, 0.15) is 5.58 Å². The summed E-state index contributed by atoms with van der Waals surface area (Å²) in [5, 5.41) is 4.06. The molecule has 0 unspecified atom stereocenters. The predicted octanol–water partition coefficient (Wildman–Crippen LogP) is 20.2. The highest BCUT2D eigenvalue weighted by Crippen LogP contribution is 2.68. The Labute approximate surface area is 478 Å². The number of fused-ring (bicyclic) bond motifs is 12. The van der Waals surface area contributed by atoms with Crippen LogP contribution in [0.2, 0.25) is 0 Å². The van der Waals surface area contributed by atoms with Crippen LogP contribution in [0.15, 0.2) is 132 Å². The summed E-state index contributed by atoms with van der Waals surface area (Å²) in [4.78, 5) is 5.66. The lowest BCUT2D eigenvalue weighted by Gasteiger charge is -2.44. The SMILES string of the molecule is c1ccc2c(c1)-c1ccc(N3c4ccc(C5CCCCC5)cc4B4c5sc6ccc(C7CCCCC7)cc6c5N(c5ccc(C6CCCCC6)c6c5oc5ccccc56)c5cc(C6CCCCC6)cc3c54)cc1C21C2CCC1CC2. The molecule has 6 saturated carbocycles. The van der Waals surface area contributed by atoms with Gasteiger partial charge in [0.05, 0.1) is 11.4 Å². The van der Waals surface area contributed by atoms with E-state index in [-0.39, 0.29) is 12.1 Å². The summed E-state index contributed by atoms with van der Waals surface area (Å²) in [6.07, 6.45) is 31.7. The molecule has 0 N–H and O–H groups in total. The normalized spacial score (nSPS) is 23.8. The van der Waals surface area contributed by atoms with Gasteiger partial charge in [-0.3, -0.25) is 0 Å². The number of anilines is 6. The van der Waals surface area contributed by atoms with Gasteiger partial charge in [-0.1, -0.05) is 150 Å². The molecule has 7 aromatic carbocycles. The van der Waals surface area contributed by atoms with Gasteiger partial charge in [0.15, 0.2) is 5.58 Å². The second kappa shape index (κ2) is 18.5. The zero-order valence-corrected chi connectivity index (χ0v) is 47.7. The third-order valence-corrected chi connectivity index (χ3v) is 24.4. The van der Waals surface area contributed by atoms with Crippen molar-refractivity contribution in [2.45, 2.75) is 183 Å². The summed E-state index contributed by atoms with van der Waals surface area (Å²) in [6, 6.07) is 52.9. The molecule has 1 spiro atoms. The molecule has 2 aliphatic heterocycles. The van der Waals surface area contributed by atoms with E-state index in [4.69, 9.17) is 4.42 Å². The fourth-order valence-electron chi connectivity index (χ4n) is 19.6. The molecule has 0 atom stereocenters. The van der Waals surface area contributed by atoms with E-state index in [2.05, 4.69) is 149 Å². The fraction of sp³-hybridized carbons (Fsp3) is 0.413. The maximum absolute atomic E-state index is 7.47. The highest BCUT2D eigenvalue weighted by atomic mass is 32.1. The molecule has 4 heterocycles. The number of rotatable bonds is 6. The molecule has 400 valence electrons. The second-order valence-corrected chi connectivity index (χ2v) is 28.1. The first-order valence-corrected chi connectivity index (χ1v) is 33.2. The van der Waals surface area contributed by atoms with Crippen LogP contribution in [0.25, 0.3) is 43.2 Å². The van der Waals surface area contributed by atoms with Crippen molar-refractivity contribution in [3.63, 3.8) is 0 Å². The van der Waals surface area contributed by atoms with Crippen LogP contribution in [0, 0.1) is 11.8 Å². The molecule has 7 aliphatic carbocycles. The van der Waals surface area contributed by atoms with Gasteiger partial charge in [0.2, 0.25) is 0 Å². The average Bonchev–Trinajstić information content (AvgIpc) is 4.53.